The lowest BCUT2D eigenvalue weighted by Gasteiger charge is -2.16. The van der Waals surface area contributed by atoms with E-state index in [4.69, 9.17) is 4.74 Å². The van der Waals surface area contributed by atoms with Crippen molar-refractivity contribution in [2.45, 2.75) is 40.3 Å². The molecule has 0 spiro atoms. The number of hydrogen-bond donors (Lipinski definition) is 1. The Hall–Kier alpha value is -2.29. The molecule has 2 aromatic carbocycles. The highest BCUT2D eigenvalue weighted by Gasteiger charge is 2.14. The molecule has 0 radical (unpaired) electrons. The summed E-state index contributed by atoms with van der Waals surface area (Å²) in [6.07, 6.45) is -0.523. The average molecular weight is 297 g/mol. The van der Waals surface area contributed by atoms with E-state index in [2.05, 4.69) is 11.4 Å². The first-order valence-electron chi connectivity index (χ1n) is 7.53. The van der Waals surface area contributed by atoms with Crippen LogP contribution < -0.4 is 10.1 Å². The lowest BCUT2D eigenvalue weighted by atomic mass is 10.1. The molecule has 2 aromatic rings. The molecule has 0 fully saturated rings. The number of benzene rings is 2. The third-order valence-corrected chi connectivity index (χ3v) is 3.59. The van der Waals surface area contributed by atoms with Crippen LogP contribution in [0, 0.1) is 20.8 Å². The van der Waals surface area contributed by atoms with Gasteiger partial charge in [-0.2, -0.15) is 0 Å². The summed E-state index contributed by atoms with van der Waals surface area (Å²) in [5, 5.41) is 2.93. The molecule has 1 atom stereocenters. The molecule has 0 aliphatic heterocycles. The first-order valence-corrected chi connectivity index (χ1v) is 7.53. The molecule has 0 aliphatic rings. The van der Waals surface area contributed by atoms with Crippen LogP contribution in [0.4, 0.5) is 0 Å². The fourth-order valence-electron chi connectivity index (χ4n) is 2.39. The van der Waals surface area contributed by atoms with Gasteiger partial charge in [0.1, 0.15) is 5.75 Å². The molecule has 3 heteroatoms. The SMILES string of the molecule is Cc1cc(C)cc(O[C@@H](C)C(=O)NCc2ccccc2C)c1. The molecule has 0 bridgehead atoms. The predicted molar refractivity (Wildman–Crippen MR) is 89.0 cm³/mol. The second-order valence-electron chi connectivity index (χ2n) is 5.73. The Morgan fingerprint density at radius 2 is 1.73 bits per heavy atom. The lowest BCUT2D eigenvalue weighted by molar-refractivity contribution is -0.127. The predicted octanol–water partition coefficient (Wildman–Crippen LogP) is 3.70. The maximum atomic E-state index is 12.2. The molecule has 1 amide bonds. The molecule has 3 nitrogen and oxygen atoms in total. The molecular formula is C19H23NO2. The number of nitrogens with one attached hydrogen (secondary N) is 1. The van der Waals surface area contributed by atoms with Gasteiger partial charge in [-0.25, -0.2) is 0 Å². The normalized spacial score (nSPS) is 11.8. The van der Waals surface area contributed by atoms with E-state index in [1.807, 2.05) is 57.2 Å². The van der Waals surface area contributed by atoms with Gasteiger partial charge >= 0.3 is 0 Å². The molecule has 0 aromatic heterocycles. The van der Waals surface area contributed by atoms with E-state index >= 15 is 0 Å². The minimum atomic E-state index is -0.523. The molecule has 2 rings (SSSR count). The highest BCUT2D eigenvalue weighted by molar-refractivity contribution is 5.80. The van der Waals surface area contributed by atoms with Gasteiger partial charge in [0.15, 0.2) is 6.10 Å². The molecule has 0 heterocycles. The monoisotopic (exact) mass is 297 g/mol. The van der Waals surface area contributed by atoms with Gasteiger partial charge in [0.25, 0.3) is 5.91 Å². The Morgan fingerprint density at radius 3 is 2.36 bits per heavy atom. The molecule has 116 valence electrons. The number of aryl methyl sites for hydroxylation is 3. The van der Waals surface area contributed by atoms with Crippen LogP contribution in [0.2, 0.25) is 0 Å². The fourth-order valence-corrected chi connectivity index (χ4v) is 2.39. The Labute approximate surface area is 132 Å². The molecule has 22 heavy (non-hydrogen) atoms. The second kappa shape index (κ2) is 7.12. The number of hydrogen-bond acceptors (Lipinski definition) is 2. The zero-order valence-electron chi connectivity index (χ0n) is 13.6. The summed E-state index contributed by atoms with van der Waals surface area (Å²) in [7, 11) is 0. The average Bonchev–Trinajstić information content (AvgIpc) is 2.45. The van der Waals surface area contributed by atoms with Crippen LogP contribution in [0.3, 0.4) is 0 Å². The van der Waals surface area contributed by atoms with Gasteiger partial charge in [0.2, 0.25) is 0 Å². The zero-order chi connectivity index (χ0) is 16.1. The molecule has 0 saturated heterocycles. The number of carbonyl (C=O) groups is 1. The smallest absolute Gasteiger partial charge is 0.261 e. The highest BCUT2D eigenvalue weighted by Crippen LogP contribution is 2.17. The van der Waals surface area contributed by atoms with E-state index in [0.717, 1.165) is 22.4 Å². The van der Waals surface area contributed by atoms with Gasteiger partial charge in [0, 0.05) is 6.54 Å². The van der Waals surface area contributed by atoms with Crippen molar-refractivity contribution in [1.29, 1.82) is 0 Å². The maximum absolute atomic E-state index is 12.2. The lowest BCUT2D eigenvalue weighted by Crippen LogP contribution is -2.36. The van der Waals surface area contributed by atoms with Crippen LogP contribution in [0.15, 0.2) is 42.5 Å². The van der Waals surface area contributed by atoms with Crippen molar-refractivity contribution in [2.75, 3.05) is 0 Å². The van der Waals surface area contributed by atoms with E-state index in [1.165, 1.54) is 5.56 Å². The Morgan fingerprint density at radius 1 is 1.09 bits per heavy atom. The third kappa shape index (κ3) is 4.35. The van der Waals surface area contributed by atoms with Crippen molar-refractivity contribution < 1.29 is 9.53 Å². The highest BCUT2D eigenvalue weighted by atomic mass is 16.5. The fraction of sp³-hybridized carbons (Fsp3) is 0.316. The largest absolute Gasteiger partial charge is 0.481 e. The van der Waals surface area contributed by atoms with Crippen LogP contribution in [0.25, 0.3) is 0 Å². The summed E-state index contributed by atoms with van der Waals surface area (Å²) in [6.45, 7) is 8.36. The summed E-state index contributed by atoms with van der Waals surface area (Å²) in [5.74, 6) is 0.624. The maximum Gasteiger partial charge on any atom is 0.261 e. The van der Waals surface area contributed by atoms with E-state index in [-0.39, 0.29) is 5.91 Å². The van der Waals surface area contributed by atoms with E-state index in [0.29, 0.717) is 6.54 Å². The first kappa shape index (κ1) is 16.1. The number of amides is 1. The van der Waals surface area contributed by atoms with Crippen LogP contribution in [-0.2, 0) is 11.3 Å². The van der Waals surface area contributed by atoms with Crippen LogP contribution in [-0.4, -0.2) is 12.0 Å². The van der Waals surface area contributed by atoms with Crippen molar-refractivity contribution in [1.82, 2.24) is 5.32 Å². The van der Waals surface area contributed by atoms with E-state index < -0.39 is 6.10 Å². The van der Waals surface area contributed by atoms with Crippen LogP contribution >= 0.6 is 0 Å². The topological polar surface area (TPSA) is 38.3 Å². The standard InChI is InChI=1S/C19H23NO2/c1-13-9-14(2)11-18(10-13)22-16(4)19(21)20-12-17-8-6-5-7-15(17)3/h5-11,16H,12H2,1-4H3,(H,20,21)/t16-/m0/s1. The van der Waals surface area contributed by atoms with Crippen molar-refractivity contribution in [3.8, 4) is 5.75 Å². The molecular weight excluding hydrogens is 274 g/mol. The van der Waals surface area contributed by atoms with Gasteiger partial charge in [-0.15, -0.1) is 0 Å². The number of carbonyl (C=O) groups excluding carboxylic acids is 1. The summed E-state index contributed by atoms with van der Waals surface area (Å²) in [4.78, 5) is 12.2. The van der Waals surface area contributed by atoms with Crippen LogP contribution in [0.1, 0.15) is 29.2 Å². The van der Waals surface area contributed by atoms with E-state index in [1.54, 1.807) is 6.92 Å². The second-order valence-corrected chi connectivity index (χ2v) is 5.73. The summed E-state index contributed by atoms with van der Waals surface area (Å²) < 4.78 is 5.74. The molecule has 1 N–H and O–H groups in total. The molecule has 0 aliphatic carbocycles. The summed E-state index contributed by atoms with van der Waals surface area (Å²) >= 11 is 0. The van der Waals surface area contributed by atoms with E-state index in [9.17, 15) is 4.79 Å². The zero-order valence-corrected chi connectivity index (χ0v) is 13.6. The molecule has 0 unspecified atom stereocenters. The Kier molecular flexibility index (Phi) is 5.21. The summed E-state index contributed by atoms with van der Waals surface area (Å²) in [6, 6.07) is 14.0. The van der Waals surface area contributed by atoms with Gasteiger partial charge in [0.05, 0.1) is 0 Å². The molecule has 0 saturated carbocycles. The van der Waals surface area contributed by atoms with Crippen LogP contribution in [0.5, 0.6) is 5.75 Å². The first-order chi connectivity index (χ1) is 10.5. The van der Waals surface area contributed by atoms with Crippen molar-refractivity contribution in [3.63, 3.8) is 0 Å². The summed E-state index contributed by atoms with van der Waals surface area (Å²) in [5.41, 5.74) is 4.55. The van der Waals surface area contributed by atoms with Crippen molar-refractivity contribution in [2.24, 2.45) is 0 Å². The third-order valence-electron chi connectivity index (χ3n) is 3.59. The van der Waals surface area contributed by atoms with Crippen molar-refractivity contribution in [3.05, 3.63) is 64.7 Å². The minimum Gasteiger partial charge on any atom is -0.481 e. The van der Waals surface area contributed by atoms with Gasteiger partial charge in [-0.05, 0) is 62.1 Å². The Balaban J connectivity index is 1.93. The quantitative estimate of drug-likeness (QED) is 0.914. The number of ether oxygens (including phenoxy) is 1. The van der Waals surface area contributed by atoms with Gasteiger partial charge in [-0.3, -0.25) is 4.79 Å². The Bertz CT molecular complexity index is 644. The number of rotatable bonds is 5. The minimum absolute atomic E-state index is 0.109. The van der Waals surface area contributed by atoms with Gasteiger partial charge < -0.3 is 10.1 Å². The van der Waals surface area contributed by atoms with Crippen molar-refractivity contribution >= 4 is 5.91 Å². The van der Waals surface area contributed by atoms with Gasteiger partial charge in [-0.1, -0.05) is 30.3 Å².